The van der Waals surface area contributed by atoms with Crippen LogP contribution >= 0.6 is 0 Å². The minimum atomic E-state index is -0.600. The first-order chi connectivity index (χ1) is 15.4. The summed E-state index contributed by atoms with van der Waals surface area (Å²) in [5.41, 5.74) is 2.47. The SMILES string of the molecule is CCCCCCCCC(=O)Nc1ccc(C2NC(=O)N(CC)C(C)=C2C(=O)OCC)cc1. The lowest BCUT2D eigenvalue weighted by molar-refractivity contribution is -0.139. The van der Waals surface area contributed by atoms with Crippen LogP contribution in [0.2, 0.25) is 0 Å². The lowest BCUT2D eigenvalue weighted by Gasteiger charge is -2.34. The van der Waals surface area contributed by atoms with Gasteiger partial charge in [0.25, 0.3) is 0 Å². The molecule has 32 heavy (non-hydrogen) atoms. The van der Waals surface area contributed by atoms with Crippen LogP contribution in [0.3, 0.4) is 0 Å². The normalized spacial score (nSPS) is 16.1. The van der Waals surface area contributed by atoms with E-state index in [1.165, 1.54) is 30.6 Å². The first-order valence-corrected chi connectivity index (χ1v) is 11.8. The second kappa shape index (κ2) is 12.9. The van der Waals surface area contributed by atoms with Crippen LogP contribution in [0.5, 0.6) is 0 Å². The van der Waals surface area contributed by atoms with E-state index in [1.54, 1.807) is 26.0 Å². The van der Waals surface area contributed by atoms with Gasteiger partial charge in [-0.25, -0.2) is 9.59 Å². The Balaban J connectivity index is 2.05. The summed E-state index contributed by atoms with van der Waals surface area (Å²) >= 11 is 0. The summed E-state index contributed by atoms with van der Waals surface area (Å²) < 4.78 is 5.24. The maximum atomic E-state index is 12.6. The van der Waals surface area contributed by atoms with E-state index in [9.17, 15) is 14.4 Å². The smallest absolute Gasteiger partial charge is 0.338 e. The maximum absolute atomic E-state index is 12.6. The van der Waals surface area contributed by atoms with Crippen molar-refractivity contribution in [1.82, 2.24) is 10.2 Å². The van der Waals surface area contributed by atoms with Gasteiger partial charge in [0.2, 0.25) is 5.91 Å². The number of benzene rings is 1. The Morgan fingerprint density at radius 1 is 1.03 bits per heavy atom. The molecule has 0 fully saturated rings. The molecule has 1 aliphatic rings. The molecule has 0 aromatic heterocycles. The third-order valence-corrected chi connectivity index (χ3v) is 5.69. The number of nitrogens with one attached hydrogen (secondary N) is 2. The third kappa shape index (κ3) is 6.84. The van der Waals surface area contributed by atoms with E-state index in [0.29, 0.717) is 29.9 Å². The fourth-order valence-corrected chi connectivity index (χ4v) is 3.93. The summed E-state index contributed by atoms with van der Waals surface area (Å²) in [6, 6.07) is 6.38. The van der Waals surface area contributed by atoms with Crippen molar-refractivity contribution in [2.45, 2.75) is 78.7 Å². The van der Waals surface area contributed by atoms with Gasteiger partial charge in [0.1, 0.15) is 0 Å². The van der Waals surface area contributed by atoms with Crippen molar-refractivity contribution in [3.05, 3.63) is 41.1 Å². The molecule has 7 heteroatoms. The van der Waals surface area contributed by atoms with Crippen molar-refractivity contribution >= 4 is 23.6 Å². The summed E-state index contributed by atoms with van der Waals surface area (Å²) in [5.74, 6) is -0.439. The molecule has 0 saturated carbocycles. The predicted molar refractivity (Wildman–Crippen MR) is 126 cm³/mol. The van der Waals surface area contributed by atoms with Crippen molar-refractivity contribution in [3.63, 3.8) is 0 Å². The summed E-state index contributed by atoms with van der Waals surface area (Å²) in [7, 11) is 0. The van der Waals surface area contributed by atoms with Gasteiger partial charge in [-0.3, -0.25) is 9.69 Å². The number of anilines is 1. The average molecular weight is 444 g/mol. The van der Waals surface area contributed by atoms with Gasteiger partial charge in [-0.15, -0.1) is 0 Å². The van der Waals surface area contributed by atoms with E-state index >= 15 is 0 Å². The summed E-state index contributed by atoms with van der Waals surface area (Å²) in [6.07, 6.45) is 7.35. The quantitative estimate of drug-likeness (QED) is 0.339. The Bertz CT molecular complexity index is 817. The van der Waals surface area contributed by atoms with Gasteiger partial charge in [0.05, 0.1) is 18.2 Å². The van der Waals surface area contributed by atoms with Gasteiger partial charge in [-0.05, 0) is 44.9 Å². The monoisotopic (exact) mass is 443 g/mol. The molecule has 1 unspecified atom stereocenters. The number of amides is 3. The molecule has 2 rings (SSSR count). The first-order valence-electron chi connectivity index (χ1n) is 11.8. The Labute approximate surface area is 191 Å². The number of hydrogen-bond donors (Lipinski definition) is 2. The number of rotatable bonds is 12. The molecule has 1 aromatic rings. The van der Waals surface area contributed by atoms with Crippen LogP contribution in [-0.4, -0.2) is 36.0 Å². The van der Waals surface area contributed by atoms with Crippen LogP contribution in [0.25, 0.3) is 0 Å². The molecular weight excluding hydrogens is 406 g/mol. The van der Waals surface area contributed by atoms with E-state index < -0.39 is 12.0 Å². The number of unbranched alkanes of at least 4 members (excludes halogenated alkanes) is 5. The van der Waals surface area contributed by atoms with E-state index in [4.69, 9.17) is 4.74 Å². The predicted octanol–water partition coefficient (Wildman–Crippen LogP) is 5.30. The topological polar surface area (TPSA) is 87.7 Å². The lowest BCUT2D eigenvalue weighted by Crippen LogP contribution is -2.47. The van der Waals surface area contributed by atoms with E-state index in [-0.39, 0.29) is 18.5 Å². The molecule has 2 N–H and O–H groups in total. The number of ether oxygens (including phenoxy) is 1. The van der Waals surface area contributed by atoms with Crippen LogP contribution in [0.4, 0.5) is 10.5 Å². The minimum Gasteiger partial charge on any atom is -0.463 e. The second-order valence-electron chi connectivity index (χ2n) is 8.03. The first kappa shape index (κ1) is 25.4. The fraction of sp³-hybridized carbons (Fsp3) is 0.560. The standard InChI is InChI=1S/C25H37N3O4/c1-5-8-9-10-11-12-13-21(29)26-20-16-14-19(15-17-20)23-22(24(30)32-7-3)18(4)28(6-2)25(31)27-23/h14-17,23H,5-13H2,1-4H3,(H,26,29)(H,27,31). The number of carbonyl (C=O) groups is 3. The van der Waals surface area contributed by atoms with Gasteiger partial charge in [-0.2, -0.15) is 0 Å². The largest absolute Gasteiger partial charge is 0.463 e. The van der Waals surface area contributed by atoms with Gasteiger partial charge in [0.15, 0.2) is 0 Å². The molecule has 0 radical (unpaired) electrons. The highest BCUT2D eigenvalue weighted by Crippen LogP contribution is 2.31. The zero-order valence-electron chi connectivity index (χ0n) is 19.8. The van der Waals surface area contributed by atoms with Crippen LogP contribution < -0.4 is 10.6 Å². The molecule has 1 heterocycles. The number of allylic oxidation sites excluding steroid dienone is 1. The highest BCUT2D eigenvalue weighted by Gasteiger charge is 2.35. The second-order valence-corrected chi connectivity index (χ2v) is 8.03. The molecule has 176 valence electrons. The number of urea groups is 1. The minimum absolute atomic E-state index is 0.000696. The zero-order valence-corrected chi connectivity index (χ0v) is 19.8. The van der Waals surface area contributed by atoms with E-state index in [1.807, 2.05) is 19.1 Å². The van der Waals surface area contributed by atoms with Gasteiger partial charge in [0, 0.05) is 24.4 Å². The van der Waals surface area contributed by atoms with Gasteiger partial charge >= 0.3 is 12.0 Å². The highest BCUT2D eigenvalue weighted by molar-refractivity contribution is 5.95. The molecule has 0 bridgehead atoms. The number of carbonyl (C=O) groups excluding carboxylic acids is 3. The van der Waals surface area contributed by atoms with Crippen molar-refractivity contribution in [1.29, 1.82) is 0 Å². The molecule has 1 aliphatic heterocycles. The molecule has 1 aromatic carbocycles. The Morgan fingerprint density at radius 2 is 1.69 bits per heavy atom. The van der Waals surface area contributed by atoms with Crippen molar-refractivity contribution in [2.24, 2.45) is 0 Å². The van der Waals surface area contributed by atoms with E-state index in [2.05, 4.69) is 17.6 Å². The van der Waals surface area contributed by atoms with Crippen molar-refractivity contribution in [2.75, 3.05) is 18.5 Å². The molecule has 0 aliphatic carbocycles. The van der Waals surface area contributed by atoms with Gasteiger partial charge in [-0.1, -0.05) is 51.2 Å². The lowest BCUT2D eigenvalue weighted by atomic mass is 9.94. The van der Waals surface area contributed by atoms with Crippen LogP contribution in [0, 0.1) is 0 Å². The molecule has 7 nitrogen and oxygen atoms in total. The average Bonchev–Trinajstić information content (AvgIpc) is 2.76. The summed E-state index contributed by atoms with van der Waals surface area (Å²) in [5, 5.41) is 5.83. The number of hydrogen-bond acceptors (Lipinski definition) is 4. The van der Waals surface area contributed by atoms with Crippen LogP contribution in [-0.2, 0) is 14.3 Å². The summed E-state index contributed by atoms with van der Waals surface area (Å²) in [4.78, 5) is 38.9. The van der Waals surface area contributed by atoms with Crippen LogP contribution in [0.15, 0.2) is 35.5 Å². The highest BCUT2D eigenvalue weighted by atomic mass is 16.5. The molecule has 1 atom stereocenters. The Hall–Kier alpha value is -2.83. The Morgan fingerprint density at radius 3 is 2.31 bits per heavy atom. The molecule has 3 amide bonds. The zero-order chi connectivity index (χ0) is 23.5. The Kier molecular flexibility index (Phi) is 10.2. The fourth-order valence-electron chi connectivity index (χ4n) is 3.93. The molecule has 0 spiro atoms. The third-order valence-electron chi connectivity index (χ3n) is 5.69. The summed E-state index contributed by atoms with van der Waals surface area (Å²) in [6.45, 7) is 8.27. The number of nitrogens with zero attached hydrogens (tertiary/aromatic N) is 1. The molecule has 0 saturated heterocycles. The van der Waals surface area contributed by atoms with Crippen LogP contribution in [0.1, 0.15) is 84.2 Å². The molecular formula is C25H37N3O4. The maximum Gasteiger partial charge on any atom is 0.338 e. The van der Waals surface area contributed by atoms with Crippen molar-refractivity contribution in [3.8, 4) is 0 Å². The van der Waals surface area contributed by atoms with Gasteiger partial charge < -0.3 is 15.4 Å². The number of esters is 1. The van der Waals surface area contributed by atoms with Crippen molar-refractivity contribution < 1.29 is 19.1 Å². The van der Waals surface area contributed by atoms with E-state index in [0.717, 1.165) is 18.4 Å².